The Bertz CT molecular complexity index is 4230. The molecule has 0 aromatic heterocycles. The Hall–Kier alpha value is -12.3. The molecule has 0 aliphatic carbocycles. The van der Waals surface area contributed by atoms with E-state index >= 15 is 0 Å². The highest BCUT2D eigenvalue weighted by Gasteiger charge is 2.05. The number of Topliss-reactive ketones (excluding diaryl/α,β-unsaturated/α-hetero) is 1. The molecule has 0 radical (unpaired) electrons. The lowest BCUT2D eigenvalue weighted by atomic mass is 9.96. The summed E-state index contributed by atoms with van der Waals surface area (Å²) in [6.45, 7) is 29.4. The number of ether oxygens (including phenoxy) is 12. The Balaban J connectivity index is 0.00000122. The van der Waals surface area contributed by atoms with Crippen LogP contribution in [0.4, 0.5) is 0 Å². The molecule has 612 valence electrons. The zero-order chi connectivity index (χ0) is 84.5. The number of carbonyl (C=O) groups is 1. The largest absolute Gasteiger partial charge is 0.508 e. The van der Waals surface area contributed by atoms with Gasteiger partial charge in [-0.25, -0.2) is 0 Å². The number of hydrogen-bond donors (Lipinski definition) is 1. The number of aromatic hydroxyl groups is 1. The van der Waals surface area contributed by atoms with Gasteiger partial charge in [0.1, 0.15) is 63.2 Å². The van der Waals surface area contributed by atoms with Crippen molar-refractivity contribution in [3.05, 3.63) is 351 Å². The first-order chi connectivity index (χ1) is 54.1. The van der Waals surface area contributed by atoms with Crippen LogP contribution in [0.25, 0.3) is 0 Å². The lowest BCUT2D eigenvalue weighted by Gasteiger charge is -2.10. The van der Waals surface area contributed by atoms with E-state index in [1.807, 2.05) is 152 Å². The average molecular weight is 1550 g/mol. The second kappa shape index (κ2) is 60.4. The van der Waals surface area contributed by atoms with Crippen molar-refractivity contribution in [2.24, 2.45) is 0 Å². The Kier molecular flexibility index (Phi) is 53.9. The fraction of sp³-hybridized carbons (Fsp3) is 0.270. The third kappa shape index (κ3) is 45.1. The number of benzene rings is 12. The summed E-state index contributed by atoms with van der Waals surface area (Å²) in [4.78, 5) is 10.6. The second-order valence-electron chi connectivity index (χ2n) is 25.4. The third-order valence-corrected chi connectivity index (χ3v) is 16.4. The van der Waals surface area contributed by atoms with Gasteiger partial charge >= 0.3 is 0 Å². The molecular formula is C100H128O14. The summed E-state index contributed by atoms with van der Waals surface area (Å²) in [5, 5.41) is 9.10. The van der Waals surface area contributed by atoms with Crippen LogP contribution in [0.2, 0.25) is 0 Å². The number of aryl methyl sites for hydroxylation is 10. The zero-order valence-corrected chi connectivity index (χ0v) is 71.7. The van der Waals surface area contributed by atoms with E-state index in [2.05, 4.69) is 175 Å². The number of phenols is 1. The van der Waals surface area contributed by atoms with Crippen LogP contribution >= 0.6 is 0 Å². The maximum Gasteiger partial charge on any atom is 0.160 e. The maximum absolute atomic E-state index is 10.6. The van der Waals surface area contributed by atoms with E-state index in [-0.39, 0.29) is 19.0 Å². The van der Waals surface area contributed by atoms with Gasteiger partial charge in [-0.15, -0.1) is 0 Å². The molecule has 114 heavy (non-hydrogen) atoms. The predicted octanol–water partition coefficient (Wildman–Crippen LogP) is 24.9. The highest BCUT2D eigenvalue weighted by Crippen LogP contribution is 2.29. The molecule has 0 saturated carbocycles. The first-order valence-corrected chi connectivity index (χ1v) is 36.6. The first kappa shape index (κ1) is 102. The molecular weight excluding hydrogens is 1430 g/mol. The molecule has 0 aliphatic heterocycles. The van der Waals surface area contributed by atoms with Crippen LogP contribution in [0.3, 0.4) is 0 Å². The molecule has 0 saturated heterocycles. The topological polar surface area (TPSA) is 148 Å². The van der Waals surface area contributed by atoms with Crippen LogP contribution < -0.4 is 56.8 Å². The number of ketones is 1. The van der Waals surface area contributed by atoms with Gasteiger partial charge in [0, 0.05) is 48.0 Å². The van der Waals surface area contributed by atoms with Crippen LogP contribution in [0.1, 0.15) is 97.0 Å². The molecule has 12 aromatic rings. The molecule has 0 aliphatic rings. The van der Waals surface area contributed by atoms with Gasteiger partial charge in [0.15, 0.2) is 17.3 Å². The third-order valence-electron chi connectivity index (χ3n) is 16.4. The SMILES string of the molecule is C.CC(=O)c1ccccc1.COc1cc(O)cc(OC)c1.COc1cc(OC)cc(OC)c1.COc1ccc(OC)cc1.COc1cccc(OC)c1.COc1ccccc1.COc1ccccc1OC.Cc1cc(C)c(C)c(C)c1C.Cc1cc(C)cc(C)c1.Cc1ccc(C)cc1.Cc1cccc(C)c1.Cc1ccccc1. The molecule has 14 heteroatoms. The molecule has 0 unspecified atom stereocenters. The van der Waals surface area contributed by atoms with Gasteiger partial charge in [-0.1, -0.05) is 222 Å². The number of hydrogen-bond acceptors (Lipinski definition) is 14. The summed E-state index contributed by atoms with van der Waals surface area (Å²) in [6.07, 6.45) is 0. The number of rotatable bonds is 13. The molecule has 0 bridgehead atoms. The minimum atomic E-state index is 0. The highest BCUT2D eigenvalue weighted by atomic mass is 16.5. The van der Waals surface area contributed by atoms with Crippen LogP contribution in [-0.2, 0) is 0 Å². The summed E-state index contributed by atoms with van der Waals surface area (Å²) in [6, 6.07) is 87.5. The molecule has 12 aromatic carbocycles. The Morgan fingerprint density at radius 3 is 0.728 bits per heavy atom. The van der Waals surface area contributed by atoms with E-state index in [1.165, 1.54) is 98.7 Å². The van der Waals surface area contributed by atoms with Crippen molar-refractivity contribution in [1.29, 1.82) is 0 Å². The van der Waals surface area contributed by atoms with Gasteiger partial charge in [-0.3, -0.25) is 4.79 Å². The van der Waals surface area contributed by atoms with Crippen LogP contribution in [-0.4, -0.2) is 96.2 Å². The van der Waals surface area contributed by atoms with Crippen molar-refractivity contribution >= 4 is 5.78 Å². The van der Waals surface area contributed by atoms with Gasteiger partial charge in [-0.2, -0.15) is 0 Å². The number of para-hydroxylation sites is 3. The summed E-state index contributed by atoms with van der Waals surface area (Å²) in [7, 11) is 19.3. The average Bonchev–Trinajstić information content (AvgIpc) is 0.835. The monoisotopic (exact) mass is 1550 g/mol. The lowest BCUT2D eigenvalue weighted by Crippen LogP contribution is -1.93. The summed E-state index contributed by atoms with van der Waals surface area (Å²) in [5.41, 5.74) is 18.6. The van der Waals surface area contributed by atoms with Crippen molar-refractivity contribution in [3.8, 4) is 74.7 Å². The van der Waals surface area contributed by atoms with E-state index in [9.17, 15) is 4.79 Å². The van der Waals surface area contributed by atoms with Gasteiger partial charge in [0.25, 0.3) is 0 Å². The van der Waals surface area contributed by atoms with Crippen LogP contribution in [0, 0.1) is 90.0 Å². The smallest absolute Gasteiger partial charge is 0.160 e. The van der Waals surface area contributed by atoms with Gasteiger partial charge in [0.05, 0.1) is 85.3 Å². The van der Waals surface area contributed by atoms with E-state index in [1.54, 1.807) is 102 Å². The number of phenolic OH excluding ortho intramolecular Hbond substituents is 1. The minimum absolute atomic E-state index is 0. The standard InChI is InChI=1S/C11H16.C9H12O3.C9H12.C8H10O3.3C8H10O2.C8H8O.2C8H10.C7H8O.C7H8.CH4/c1-7-6-8(2)10(4)11(5)9(7)3;1-10-7-4-8(11-2)6-9(5-7)12-3;1-7-4-8(2)6-9(3)5-7;1-10-7-3-6(9)4-8(5-7)11-2;1-9-7-3-5-8(10-2)6-4-7;1-9-7-4-3-5-8(6-7)10-2;1-9-7-5-3-4-6-8(7)10-2;1-7(9)8-5-3-2-4-6-8;1-7-3-5-8(2)6-4-7;1-7-4-3-5-8(2)6-7;1-8-7-5-3-2-4-6-7;1-7-5-3-2-4-6-7;/h6H,1-5H3;4-6H,1-3H3;4-6H,1-3H3;3-5,9H,1-2H3;3*3-6H,1-2H3;2-6H,1H3;2*3-6H,1-2H3;2-6H,1H3;2-6H,1H3;1H4. The minimum Gasteiger partial charge on any atom is -0.508 e. The normalized spacial score (nSPS) is 9.14. The first-order valence-electron chi connectivity index (χ1n) is 36.6. The molecule has 0 atom stereocenters. The maximum atomic E-state index is 10.6. The fourth-order valence-corrected chi connectivity index (χ4v) is 9.74. The van der Waals surface area contributed by atoms with E-state index in [0.29, 0.717) is 11.5 Å². The molecule has 12 rings (SSSR count). The van der Waals surface area contributed by atoms with Gasteiger partial charge < -0.3 is 61.9 Å². The highest BCUT2D eigenvalue weighted by molar-refractivity contribution is 5.93. The van der Waals surface area contributed by atoms with Gasteiger partial charge in [0.2, 0.25) is 0 Å². The second-order valence-corrected chi connectivity index (χ2v) is 25.4. The van der Waals surface area contributed by atoms with E-state index in [4.69, 9.17) is 61.9 Å². The molecule has 0 amide bonds. The van der Waals surface area contributed by atoms with Crippen molar-refractivity contribution in [2.75, 3.05) is 85.3 Å². The molecule has 14 nitrogen and oxygen atoms in total. The van der Waals surface area contributed by atoms with Crippen LogP contribution in [0.15, 0.2) is 273 Å². The molecule has 1 N–H and O–H groups in total. The Labute approximate surface area is 684 Å². The Morgan fingerprint density at radius 2 is 0.465 bits per heavy atom. The summed E-state index contributed by atoms with van der Waals surface area (Å²) < 4.78 is 59.7. The molecule has 0 heterocycles. The van der Waals surface area contributed by atoms with E-state index in [0.717, 1.165) is 63.1 Å². The molecule has 0 spiro atoms. The summed E-state index contributed by atoms with van der Waals surface area (Å²) in [5.74, 6) is 9.40. The number of carbonyl (C=O) groups excluding carboxylic acids is 1. The van der Waals surface area contributed by atoms with Crippen LogP contribution in [0.5, 0.6) is 74.7 Å². The van der Waals surface area contributed by atoms with Gasteiger partial charge in [-0.05, 0) is 185 Å². The summed E-state index contributed by atoms with van der Waals surface area (Å²) >= 11 is 0. The quantitative estimate of drug-likeness (QED) is 0.109. The number of methoxy groups -OCH3 is 12. The molecule has 0 fully saturated rings. The van der Waals surface area contributed by atoms with Crippen molar-refractivity contribution in [2.45, 2.75) is 104 Å². The predicted molar refractivity (Wildman–Crippen MR) is 476 cm³/mol. The Morgan fingerprint density at radius 1 is 0.219 bits per heavy atom. The van der Waals surface area contributed by atoms with Crippen molar-refractivity contribution < 1.29 is 66.7 Å². The fourth-order valence-electron chi connectivity index (χ4n) is 9.74. The van der Waals surface area contributed by atoms with E-state index < -0.39 is 0 Å². The van der Waals surface area contributed by atoms with Crippen molar-refractivity contribution in [3.63, 3.8) is 0 Å². The van der Waals surface area contributed by atoms with Crippen molar-refractivity contribution in [1.82, 2.24) is 0 Å². The lowest BCUT2D eigenvalue weighted by molar-refractivity contribution is 0.101. The zero-order valence-electron chi connectivity index (χ0n) is 71.7.